The molecule has 2 heterocycles. The van der Waals surface area contributed by atoms with Gasteiger partial charge in [0.15, 0.2) is 0 Å². The summed E-state index contributed by atoms with van der Waals surface area (Å²) in [5.41, 5.74) is 4.40. The van der Waals surface area contributed by atoms with Crippen LogP contribution >= 0.6 is 0 Å². The number of hydrogen-bond donors (Lipinski definition) is 2. The number of nitrogens with zero attached hydrogens (tertiary/aromatic N) is 2. The third-order valence-electron chi connectivity index (χ3n) is 5.56. The van der Waals surface area contributed by atoms with Gasteiger partial charge < -0.3 is 15.0 Å². The van der Waals surface area contributed by atoms with Gasteiger partial charge in [0.25, 0.3) is 0 Å². The second kappa shape index (κ2) is 6.99. The summed E-state index contributed by atoms with van der Waals surface area (Å²) < 4.78 is 15.9. The number of aromatic nitrogens is 2. The van der Waals surface area contributed by atoms with Crippen molar-refractivity contribution < 1.29 is 14.3 Å². The maximum absolute atomic E-state index is 13.9. The molecule has 0 saturated heterocycles. The third-order valence-corrected chi connectivity index (χ3v) is 5.56. The predicted molar refractivity (Wildman–Crippen MR) is 115 cm³/mol. The van der Waals surface area contributed by atoms with E-state index in [0.29, 0.717) is 17.4 Å². The number of carbonyl (C=O) groups is 1. The zero-order chi connectivity index (χ0) is 20.8. The summed E-state index contributed by atoms with van der Waals surface area (Å²) in [5, 5.41) is 13.8. The van der Waals surface area contributed by atoms with Crippen molar-refractivity contribution in [3.05, 3.63) is 77.9 Å². The highest BCUT2D eigenvalue weighted by Gasteiger charge is 2.26. The van der Waals surface area contributed by atoms with Gasteiger partial charge in [-0.2, -0.15) is 0 Å². The molecule has 2 N–H and O–H groups in total. The van der Waals surface area contributed by atoms with Gasteiger partial charge in [0.05, 0.1) is 5.52 Å². The van der Waals surface area contributed by atoms with Crippen LogP contribution in [-0.2, 0) is 7.05 Å². The number of rotatable bonds is 5. The number of halogens is 1. The summed E-state index contributed by atoms with van der Waals surface area (Å²) in [7, 11) is 1.94. The van der Waals surface area contributed by atoms with Gasteiger partial charge in [-0.1, -0.05) is 12.1 Å². The van der Waals surface area contributed by atoms with Crippen LogP contribution in [-0.4, -0.2) is 20.6 Å². The van der Waals surface area contributed by atoms with Crippen molar-refractivity contribution >= 4 is 28.4 Å². The molecule has 150 valence electrons. The largest absolute Gasteiger partial charge is 0.478 e. The molecule has 1 aliphatic carbocycles. The first-order chi connectivity index (χ1) is 14.5. The number of aromatic carboxylic acids is 1. The molecule has 1 aliphatic rings. The molecule has 0 atom stereocenters. The normalized spacial score (nSPS) is 13.5. The van der Waals surface area contributed by atoms with E-state index in [0.717, 1.165) is 40.4 Å². The highest BCUT2D eigenvalue weighted by atomic mass is 19.1. The van der Waals surface area contributed by atoms with Gasteiger partial charge in [0.1, 0.15) is 17.2 Å². The van der Waals surface area contributed by atoms with Gasteiger partial charge in [0.2, 0.25) is 0 Å². The van der Waals surface area contributed by atoms with E-state index in [1.165, 1.54) is 12.1 Å². The zero-order valence-corrected chi connectivity index (χ0v) is 16.4. The van der Waals surface area contributed by atoms with E-state index in [9.17, 15) is 14.3 Å². The van der Waals surface area contributed by atoms with Crippen molar-refractivity contribution in [2.24, 2.45) is 7.05 Å². The minimum Gasteiger partial charge on any atom is -0.478 e. The maximum Gasteiger partial charge on any atom is 0.339 e. The Labute approximate surface area is 172 Å². The zero-order valence-electron chi connectivity index (χ0n) is 16.4. The standard InChI is InChI=1S/C24H20FN3O2/c1-28-8-7-16-10-19(12-20(22(16)28)15-3-2-4-18(25)9-15)27-23-21(24(29)30)11-17(13-26-23)14-5-6-14/h2-4,7-14H,5-6H2,1H3,(H,26,27)(H,29,30). The van der Waals surface area contributed by atoms with Crippen molar-refractivity contribution in [2.75, 3.05) is 5.32 Å². The van der Waals surface area contributed by atoms with Crippen LogP contribution in [0, 0.1) is 5.82 Å². The maximum atomic E-state index is 13.9. The Balaban J connectivity index is 1.61. The molecule has 0 aliphatic heterocycles. The van der Waals surface area contributed by atoms with E-state index in [4.69, 9.17) is 0 Å². The van der Waals surface area contributed by atoms with Crippen LogP contribution < -0.4 is 5.32 Å². The highest BCUT2D eigenvalue weighted by Crippen LogP contribution is 2.41. The number of benzene rings is 2. The number of aryl methyl sites for hydroxylation is 1. The van der Waals surface area contributed by atoms with Gasteiger partial charge >= 0.3 is 5.97 Å². The number of hydrogen-bond acceptors (Lipinski definition) is 3. The molecule has 6 heteroatoms. The molecule has 30 heavy (non-hydrogen) atoms. The third kappa shape index (κ3) is 3.30. The second-order valence-electron chi connectivity index (χ2n) is 7.77. The summed E-state index contributed by atoms with van der Waals surface area (Å²) in [6.07, 6.45) is 5.86. The molecule has 0 radical (unpaired) electrons. The quantitative estimate of drug-likeness (QED) is 0.450. The van der Waals surface area contributed by atoms with E-state index in [1.54, 1.807) is 18.3 Å². The van der Waals surface area contributed by atoms with Gasteiger partial charge in [-0.05, 0) is 66.3 Å². The lowest BCUT2D eigenvalue weighted by Gasteiger charge is -2.14. The molecular formula is C24H20FN3O2. The monoisotopic (exact) mass is 401 g/mol. The summed E-state index contributed by atoms with van der Waals surface area (Å²) in [6.45, 7) is 0. The first-order valence-corrected chi connectivity index (χ1v) is 9.85. The molecule has 2 aromatic heterocycles. The summed E-state index contributed by atoms with van der Waals surface area (Å²) >= 11 is 0. The Morgan fingerprint density at radius 2 is 2.03 bits per heavy atom. The van der Waals surface area contributed by atoms with E-state index < -0.39 is 5.97 Å². The topological polar surface area (TPSA) is 67.2 Å². The molecule has 0 bridgehead atoms. The van der Waals surface area contributed by atoms with Crippen molar-refractivity contribution in [3.8, 4) is 11.1 Å². The fourth-order valence-electron chi connectivity index (χ4n) is 3.91. The molecule has 2 aromatic carbocycles. The minimum atomic E-state index is -1.02. The summed E-state index contributed by atoms with van der Waals surface area (Å²) in [4.78, 5) is 16.2. The van der Waals surface area contributed by atoms with Crippen LogP contribution in [0.1, 0.15) is 34.7 Å². The first-order valence-electron chi connectivity index (χ1n) is 9.85. The molecule has 5 rings (SSSR count). The summed E-state index contributed by atoms with van der Waals surface area (Å²) in [5.74, 6) is -0.602. The number of carboxylic acid groups (broad SMARTS) is 1. The number of anilines is 2. The first kappa shape index (κ1) is 18.4. The highest BCUT2D eigenvalue weighted by molar-refractivity contribution is 5.99. The van der Waals surface area contributed by atoms with Crippen molar-refractivity contribution in [3.63, 3.8) is 0 Å². The fraction of sp³-hybridized carbons (Fsp3) is 0.167. The van der Waals surface area contributed by atoms with Crippen LogP contribution in [0.2, 0.25) is 0 Å². The SMILES string of the molecule is Cn1ccc2cc(Nc3ncc(C4CC4)cc3C(=O)O)cc(-c3cccc(F)c3)c21. The van der Waals surface area contributed by atoms with Crippen molar-refractivity contribution in [1.29, 1.82) is 0 Å². The van der Waals surface area contributed by atoms with E-state index in [1.807, 2.05) is 42.1 Å². The lowest BCUT2D eigenvalue weighted by atomic mass is 10.0. The average Bonchev–Trinajstić information content (AvgIpc) is 3.51. The lowest BCUT2D eigenvalue weighted by molar-refractivity contribution is 0.0697. The molecule has 0 unspecified atom stereocenters. The summed E-state index contributed by atoms with van der Waals surface area (Å²) in [6, 6.07) is 14.0. The van der Waals surface area contributed by atoms with Crippen molar-refractivity contribution in [1.82, 2.24) is 9.55 Å². The Kier molecular flexibility index (Phi) is 4.28. The number of pyridine rings is 1. The van der Waals surface area contributed by atoms with E-state index in [-0.39, 0.29) is 11.4 Å². The van der Waals surface area contributed by atoms with E-state index >= 15 is 0 Å². The minimum absolute atomic E-state index is 0.153. The van der Waals surface area contributed by atoms with Crippen LogP contribution in [0.15, 0.2) is 60.9 Å². The van der Waals surface area contributed by atoms with Crippen LogP contribution in [0.3, 0.4) is 0 Å². The van der Waals surface area contributed by atoms with Gasteiger partial charge in [-0.15, -0.1) is 0 Å². The van der Waals surface area contributed by atoms with E-state index in [2.05, 4.69) is 10.3 Å². The van der Waals surface area contributed by atoms with Crippen LogP contribution in [0.4, 0.5) is 15.9 Å². The predicted octanol–water partition coefficient (Wildman–Crippen LogP) is 5.70. The molecule has 0 amide bonds. The number of nitrogens with one attached hydrogen (secondary N) is 1. The molecule has 1 fully saturated rings. The number of carboxylic acids is 1. The molecule has 4 aromatic rings. The Bertz CT molecular complexity index is 1290. The van der Waals surface area contributed by atoms with Crippen LogP contribution in [0.25, 0.3) is 22.0 Å². The molecule has 0 spiro atoms. The van der Waals surface area contributed by atoms with Gasteiger partial charge in [0, 0.05) is 36.1 Å². The number of fused-ring (bicyclic) bond motifs is 1. The lowest BCUT2D eigenvalue weighted by Crippen LogP contribution is -2.06. The van der Waals surface area contributed by atoms with Gasteiger partial charge in [-0.3, -0.25) is 0 Å². The Morgan fingerprint density at radius 3 is 2.77 bits per heavy atom. The molecule has 1 saturated carbocycles. The van der Waals surface area contributed by atoms with Crippen molar-refractivity contribution in [2.45, 2.75) is 18.8 Å². The molecule has 5 nitrogen and oxygen atoms in total. The molecular weight excluding hydrogens is 381 g/mol. The smallest absolute Gasteiger partial charge is 0.339 e. The average molecular weight is 401 g/mol. The second-order valence-corrected chi connectivity index (χ2v) is 7.77. The van der Waals surface area contributed by atoms with Crippen LogP contribution in [0.5, 0.6) is 0 Å². The fourth-order valence-corrected chi connectivity index (χ4v) is 3.91. The Hall–Kier alpha value is -3.67. The Morgan fingerprint density at radius 1 is 1.20 bits per heavy atom. The van der Waals surface area contributed by atoms with Gasteiger partial charge in [-0.25, -0.2) is 14.2 Å².